The molecule has 7 heteroatoms. The van der Waals surface area contributed by atoms with Gasteiger partial charge in [0.1, 0.15) is 5.82 Å². The lowest BCUT2D eigenvalue weighted by atomic mass is 9.97. The third-order valence-corrected chi connectivity index (χ3v) is 4.32. The summed E-state index contributed by atoms with van der Waals surface area (Å²) in [5.41, 5.74) is -0.315. The van der Waals surface area contributed by atoms with E-state index < -0.39 is 17.7 Å². The lowest BCUT2D eigenvalue weighted by Crippen LogP contribution is -2.44. The Morgan fingerprint density at radius 3 is 2.76 bits per heavy atom. The number of benzene rings is 1. The van der Waals surface area contributed by atoms with E-state index in [0.717, 1.165) is 25.3 Å². The van der Waals surface area contributed by atoms with Gasteiger partial charge in [0, 0.05) is 26.1 Å². The maximum Gasteiger partial charge on any atom is 0.335 e. The van der Waals surface area contributed by atoms with E-state index in [9.17, 15) is 18.8 Å². The van der Waals surface area contributed by atoms with Crippen LogP contribution in [-0.4, -0.2) is 47.4 Å². The number of carbonyl (C=O) groups is 3. The van der Waals surface area contributed by atoms with Crippen LogP contribution in [0.3, 0.4) is 0 Å². The van der Waals surface area contributed by atoms with Crippen molar-refractivity contribution in [3.05, 3.63) is 35.1 Å². The summed E-state index contributed by atoms with van der Waals surface area (Å²) in [6, 6.07) is 3.31. The second-order valence-electron chi connectivity index (χ2n) is 6.31. The molecule has 1 aliphatic heterocycles. The average Bonchev–Trinajstić information content (AvgIpc) is 2.59. The zero-order chi connectivity index (χ0) is 18.4. The summed E-state index contributed by atoms with van der Waals surface area (Å²) < 4.78 is 14.1. The van der Waals surface area contributed by atoms with E-state index in [2.05, 4.69) is 5.32 Å². The molecular formula is C18H23FN2O4. The van der Waals surface area contributed by atoms with Gasteiger partial charge in [0.2, 0.25) is 5.91 Å². The minimum absolute atomic E-state index is 0.00116. The highest BCUT2D eigenvalue weighted by Gasteiger charge is 2.26. The molecule has 1 heterocycles. The van der Waals surface area contributed by atoms with Crippen molar-refractivity contribution in [2.24, 2.45) is 5.92 Å². The number of hydrogen-bond acceptors (Lipinski definition) is 3. The van der Waals surface area contributed by atoms with Gasteiger partial charge in [-0.15, -0.1) is 0 Å². The van der Waals surface area contributed by atoms with E-state index in [4.69, 9.17) is 5.11 Å². The minimum atomic E-state index is -1.24. The van der Waals surface area contributed by atoms with E-state index in [1.165, 1.54) is 12.1 Å². The maximum atomic E-state index is 14.1. The van der Waals surface area contributed by atoms with Crippen LogP contribution in [0.25, 0.3) is 0 Å². The van der Waals surface area contributed by atoms with Crippen LogP contribution in [0.15, 0.2) is 18.2 Å². The van der Waals surface area contributed by atoms with Gasteiger partial charge in [0.05, 0.1) is 11.1 Å². The zero-order valence-electron chi connectivity index (χ0n) is 14.3. The van der Waals surface area contributed by atoms with Crippen LogP contribution >= 0.6 is 0 Å². The van der Waals surface area contributed by atoms with Crippen molar-refractivity contribution >= 4 is 17.8 Å². The topological polar surface area (TPSA) is 86.7 Å². The predicted molar refractivity (Wildman–Crippen MR) is 89.9 cm³/mol. The summed E-state index contributed by atoms with van der Waals surface area (Å²) in [5.74, 6) is -2.37. The van der Waals surface area contributed by atoms with Crippen molar-refractivity contribution in [3.63, 3.8) is 0 Å². The highest BCUT2D eigenvalue weighted by molar-refractivity contribution is 5.96. The number of nitrogens with zero attached hydrogens (tertiary/aromatic N) is 1. The van der Waals surface area contributed by atoms with Gasteiger partial charge >= 0.3 is 5.97 Å². The molecule has 2 N–H and O–H groups in total. The molecule has 1 aromatic rings. The van der Waals surface area contributed by atoms with Gasteiger partial charge in [-0.05, 0) is 43.4 Å². The van der Waals surface area contributed by atoms with Crippen molar-refractivity contribution in [1.82, 2.24) is 10.2 Å². The van der Waals surface area contributed by atoms with Gasteiger partial charge in [0.25, 0.3) is 5.91 Å². The molecule has 136 valence electrons. The van der Waals surface area contributed by atoms with Crippen LogP contribution < -0.4 is 5.32 Å². The Labute approximate surface area is 146 Å². The molecule has 0 aliphatic carbocycles. The molecule has 1 saturated heterocycles. The fraction of sp³-hybridized carbons (Fsp3) is 0.500. The van der Waals surface area contributed by atoms with Crippen LogP contribution in [0.2, 0.25) is 0 Å². The van der Waals surface area contributed by atoms with Crippen LogP contribution in [-0.2, 0) is 4.79 Å². The highest BCUT2D eigenvalue weighted by Crippen LogP contribution is 2.20. The molecule has 0 saturated carbocycles. The molecular weight excluding hydrogens is 327 g/mol. The molecule has 1 aliphatic rings. The van der Waals surface area contributed by atoms with Gasteiger partial charge in [0.15, 0.2) is 0 Å². The highest BCUT2D eigenvalue weighted by atomic mass is 19.1. The quantitative estimate of drug-likeness (QED) is 0.824. The third kappa shape index (κ3) is 5.01. The third-order valence-electron chi connectivity index (χ3n) is 4.32. The van der Waals surface area contributed by atoms with Crippen LogP contribution in [0.5, 0.6) is 0 Å². The Balaban J connectivity index is 1.99. The molecule has 25 heavy (non-hydrogen) atoms. The standard InChI is InChI=1S/C18H23FN2O4/c1-2-4-16(22)20-10-12-5-3-8-21(11-12)17(23)14-7-6-13(18(24)25)9-15(14)19/h6-7,9,12H,2-5,8,10-11H2,1H3,(H,20,22)(H,24,25). The average molecular weight is 350 g/mol. The second-order valence-corrected chi connectivity index (χ2v) is 6.31. The number of carboxylic acids is 1. The number of likely N-dealkylation sites (tertiary alicyclic amines) is 1. The molecule has 6 nitrogen and oxygen atoms in total. The van der Waals surface area contributed by atoms with Gasteiger partial charge in [-0.2, -0.15) is 0 Å². The predicted octanol–water partition coefficient (Wildman–Crippen LogP) is 2.29. The first-order valence-electron chi connectivity index (χ1n) is 8.51. The van der Waals surface area contributed by atoms with Crippen LogP contribution in [0.1, 0.15) is 53.3 Å². The van der Waals surface area contributed by atoms with Crippen molar-refractivity contribution in [1.29, 1.82) is 0 Å². The summed E-state index contributed by atoms with van der Waals surface area (Å²) >= 11 is 0. The first-order chi connectivity index (χ1) is 11.9. The van der Waals surface area contributed by atoms with E-state index >= 15 is 0 Å². The number of halogens is 1. The Morgan fingerprint density at radius 2 is 2.12 bits per heavy atom. The normalized spacial score (nSPS) is 17.2. The molecule has 0 bridgehead atoms. The lowest BCUT2D eigenvalue weighted by Gasteiger charge is -2.33. The lowest BCUT2D eigenvalue weighted by molar-refractivity contribution is -0.121. The fourth-order valence-electron chi connectivity index (χ4n) is 2.98. The molecule has 1 unspecified atom stereocenters. The van der Waals surface area contributed by atoms with Gasteiger partial charge in [-0.3, -0.25) is 9.59 Å². The number of amides is 2. The first kappa shape index (κ1) is 18.9. The Bertz CT molecular complexity index is 662. The maximum absolute atomic E-state index is 14.1. The van der Waals surface area contributed by atoms with E-state index in [0.29, 0.717) is 26.1 Å². The minimum Gasteiger partial charge on any atom is -0.478 e. The number of carboxylic acid groups (broad SMARTS) is 1. The molecule has 2 rings (SSSR count). The monoisotopic (exact) mass is 350 g/mol. The molecule has 0 aromatic heterocycles. The molecule has 1 aromatic carbocycles. The van der Waals surface area contributed by atoms with E-state index in [1.807, 2.05) is 6.92 Å². The number of hydrogen-bond donors (Lipinski definition) is 2. The molecule has 0 radical (unpaired) electrons. The molecule has 2 amide bonds. The summed E-state index contributed by atoms with van der Waals surface area (Å²) in [4.78, 5) is 36.5. The second kappa shape index (κ2) is 8.60. The number of aromatic carboxylic acids is 1. The zero-order valence-corrected chi connectivity index (χ0v) is 14.3. The number of nitrogens with one attached hydrogen (secondary N) is 1. The molecule has 0 spiro atoms. The Morgan fingerprint density at radius 1 is 1.36 bits per heavy atom. The number of carbonyl (C=O) groups excluding carboxylic acids is 2. The summed E-state index contributed by atoms with van der Waals surface area (Å²) in [7, 11) is 0. The van der Waals surface area contributed by atoms with E-state index in [1.54, 1.807) is 4.90 Å². The van der Waals surface area contributed by atoms with Crippen molar-refractivity contribution < 1.29 is 23.9 Å². The number of piperidine rings is 1. The number of rotatable bonds is 6. The Hall–Kier alpha value is -2.44. The van der Waals surface area contributed by atoms with Crippen LogP contribution in [0.4, 0.5) is 4.39 Å². The summed E-state index contributed by atoms with van der Waals surface area (Å²) in [5, 5.41) is 11.7. The van der Waals surface area contributed by atoms with Gasteiger partial charge in [-0.1, -0.05) is 6.92 Å². The Kier molecular flexibility index (Phi) is 6.50. The first-order valence-corrected chi connectivity index (χ1v) is 8.51. The smallest absolute Gasteiger partial charge is 0.335 e. The molecule has 1 fully saturated rings. The van der Waals surface area contributed by atoms with Crippen molar-refractivity contribution in [3.8, 4) is 0 Å². The van der Waals surface area contributed by atoms with E-state index in [-0.39, 0.29) is 23.0 Å². The summed E-state index contributed by atoms with van der Waals surface area (Å²) in [6.45, 7) is 3.41. The van der Waals surface area contributed by atoms with Gasteiger partial charge in [-0.25, -0.2) is 9.18 Å². The fourth-order valence-corrected chi connectivity index (χ4v) is 2.98. The van der Waals surface area contributed by atoms with Gasteiger partial charge < -0.3 is 15.3 Å². The summed E-state index contributed by atoms with van der Waals surface area (Å²) in [6.07, 6.45) is 2.95. The van der Waals surface area contributed by atoms with Crippen molar-refractivity contribution in [2.75, 3.05) is 19.6 Å². The SMILES string of the molecule is CCCC(=O)NCC1CCCN(C(=O)c2ccc(C(=O)O)cc2F)C1. The van der Waals surface area contributed by atoms with Crippen LogP contribution in [0, 0.1) is 11.7 Å². The largest absolute Gasteiger partial charge is 0.478 e. The molecule has 1 atom stereocenters. The van der Waals surface area contributed by atoms with Crippen molar-refractivity contribution in [2.45, 2.75) is 32.6 Å².